The van der Waals surface area contributed by atoms with Gasteiger partial charge in [-0.25, -0.2) is 9.97 Å². The average molecular weight is 475 g/mol. The van der Waals surface area contributed by atoms with Crippen LogP contribution in [-0.2, 0) is 20.0 Å². The Kier molecular flexibility index (Phi) is 10.6. The van der Waals surface area contributed by atoms with Crippen LogP contribution in [0.4, 0.5) is 0 Å². The van der Waals surface area contributed by atoms with Gasteiger partial charge in [0.25, 0.3) is 0 Å². The van der Waals surface area contributed by atoms with Crippen LogP contribution < -0.4 is 0 Å². The van der Waals surface area contributed by atoms with Gasteiger partial charge >= 0.3 is 0 Å². The van der Waals surface area contributed by atoms with Crippen molar-refractivity contribution in [2.75, 3.05) is 25.7 Å². The molecular formula is C21H34N2O6S2. The van der Waals surface area contributed by atoms with Crippen LogP contribution in [-0.4, -0.2) is 69.2 Å². The topological polar surface area (TPSA) is 114 Å². The predicted octanol–water partition coefficient (Wildman–Crippen LogP) is 3.24. The zero-order valence-corrected chi connectivity index (χ0v) is 20.2. The lowest BCUT2D eigenvalue weighted by Crippen LogP contribution is -2.29. The molecule has 0 aromatic carbocycles. The van der Waals surface area contributed by atoms with Gasteiger partial charge in [0.15, 0.2) is 12.1 Å². The van der Waals surface area contributed by atoms with Gasteiger partial charge in [0.05, 0.1) is 23.1 Å². The van der Waals surface area contributed by atoms with Crippen molar-refractivity contribution >= 4 is 34.0 Å². The first kappa shape index (κ1) is 26.4. The Bertz CT molecular complexity index is 773. The van der Waals surface area contributed by atoms with Gasteiger partial charge in [-0.2, -0.15) is 11.8 Å². The van der Waals surface area contributed by atoms with E-state index in [2.05, 4.69) is 9.97 Å². The van der Waals surface area contributed by atoms with Crippen LogP contribution in [0.1, 0.15) is 50.8 Å². The smallest absolute Gasteiger partial charge is 0.204 e. The van der Waals surface area contributed by atoms with Crippen molar-refractivity contribution in [3.63, 3.8) is 0 Å². The predicted molar refractivity (Wildman–Crippen MR) is 123 cm³/mol. The van der Waals surface area contributed by atoms with Crippen molar-refractivity contribution in [1.29, 1.82) is 0 Å². The Labute approximate surface area is 192 Å². The number of hydrogen-bond acceptors (Lipinski definition) is 10. The van der Waals surface area contributed by atoms with E-state index < -0.39 is 11.6 Å². The molecule has 0 saturated carbocycles. The van der Waals surface area contributed by atoms with Crippen molar-refractivity contribution in [2.45, 2.75) is 69.9 Å². The van der Waals surface area contributed by atoms with Gasteiger partial charge in [-0.3, -0.25) is 0 Å². The van der Waals surface area contributed by atoms with E-state index in [1.165, 1.54) is 31.5 Å². The highest BCUT2D eigenvalue weighted by Gasteiger charge is 2.42. The summed E-state index contributed by atoms with van der Waals surface area (Å²) in [6.07, 6.45) is 11.6. The molecule has 3 unspecified atom stereocenters. The molecule has 176 valence electrons. The third-order valence-corrected chi connectivity index (χ3v) is 5.51. The van der Waals surface area contributed by atoms with Gasteiger partial charge < -0.3 is 29.5 Å². The first-order chi connectivity index (χ1) is 14.7. The zero-order valence-electron chi connectivity index (χ0n) is 18.6. The molecule has 2 saturated heterocycles. The molecule has 8 nitrogen and oxygen atoms in total. The zero-order chi connectivity index (χ0) is 22.9. The van der Waals surface area contributed by atoms with Gasteiger partial charge in [-0.1, -0.05) is 0 Å². The summed E-state index contributed by atoms with van der Waals surface area (Å²) < 4.78 is 17.3. The quantitative estimate of drug-likeness (QED) is 0.575. The van der Waals surface area contributed by atoms with Gasteiger partial charge in [-0.15, -0.1) is 11.3 Å². The minimum Gasteiger partial charge on any atom is -0.366 e. The van der Waals surface area contributed by atoms with Crippen molar-refractivity contribution < 1.29 is 29.5 Å². The summed E-state index contributed by atoms with van der Waals surface area (Å²) in [6, 6.07) is 0. The van der Waals surface area contributed by atoms with Gasteiger partial charge in [0, 0.05) is 30.0 Å². The lowest BCUT2D eigenvalue weighted by Gasteiger charge is -2.25. The minimum absolute atomic E-state index is 0.121. The maximum Gasteiger partial charge on any atom is 0.204 e. The Balaban J connectivity index is 0.000000371. The molecule has 2 aliphatic heterocycles. The van der Waals surface area contributed by atoms with Crippen molar-refractivity contribution in [2.24, 2.45) is 0 Å². The first-order valence-electron chi connectivity index (χ1n) is 10.3. The Morgan fingerprint density at radius 2 is 2.00 bits per heavy atom. The molecule has 4 heterocycles. The van der Waals surface area contributed by atoms with Crippen molar-refractivity contribution in [1.82, 2.24) is 9.97 Å². The van der Waals surface area contributed by atoms with E-state index in [4.69, 9.17) is 24.4 Å². The van der Waals surface area contributed by atoms with Crippen LogP contribution in [0.5, 0.6) is 0 Å². The van der Waals surface area contributed by atoms with E-state index in [9.17, 15) is 5.11 Å². The van der Waals surface area contributed by atoms with Gasteiger partial charge in [0.1, 0.15) is 6.33 Å². The molecule has 3 N–H and O–H groups in total. The highest BCUT2D eigenvalue weighted by molar-refractivity contribution is 7.97. The monoisotopic (exact) mass is 474 g/mol. The van der Waals surface area contributed by atoms with E-state index in [0.717, 1.165) is 48.1 Å². The third kappa shape index (κ3) is 8.89. The molecule has 0 amide bonds. The molecular weight excluding hydrogens is 440 g/mol. The molecule has 31 heavy (non-hydrogen) atoms. The molecule has 0 spiro atoms. The molecule has 3 atom stereocenters. The highest BCUT2D eigenvalue weighted by Crippen LogP contribution is 2.42. The lowest BCUT2D eigenvalue weighted by molar-refractivity contribution is -0.225. The maximum absolute atomic E-state index is 10.9. The number of rotatable bonds is 4. The fraction of sp³-hybridized carbons (Fsp3) is 0.714. The van der Waals surface area contributed by atoms with Crippen LogP contribution >= 0.6 is 23.1 Å². The molecule has 0 radical (unpaired) electrons. The summed E-state index contributed by atoms with van der Waals surface area (Å²) in [5.41, 5.74) is 0.768. The van der Waals surface area contributed by atoms with E-state index >= 15 is 0 Å². The van der Waals surface area contributed by atoms with E-state index in [1.54, 1.807) is 18.0 Å². The van der Waals surface area contributed by atoms with Crippen molar-refractivity contribution in [3.8, 4) is 0 Å². The van der Waals surface area contributed by atoms with Crippen LogP contribution in [0, 0.1) is 0 Å². The molecule has 0 aliphatic carbocycles. The molecule has 0 bridgehead atoms. The average Bonchev–Trinajstić information content (AvgIpc) is 3.31. The standard InChI is InChI=1S/C16H20N2O4S.C3H8O2.C2H6S/c19-16(15-14-11(9-23-15)7-17-10-18-14)5-4-12(22-16)8-21-13-3-1-2-6-20-13;1-3(2,4)5;1-3-2/h7,9-10,12-13,19H,1-6,8H2;4-5H,1-2H3;1-2H3. The largest absolute Gasteiger partial charge is 0.366 e. The van der Waals surface area contributed by atoms with E-state index in [-0.39, 0.29) is 12.4 Å². The molecule has 2 aromatic rings. The molecule has 10 heteroatoms. The molecule has 2 fully saturated rings. The van der Waals surface area contributed by atoms with Gasteiger partial charge in [0.2, 0.25) is 5.79 Å². The maximum atomic E-state index is 10.9. The number of thiophene rings is 1. The number of aromatic nitrogens is 2. The number of hydrogen-bond donors (Lipinski definition) is 3. The van der Waals surface area contributed by atoms with Crippen LogP contribution in [0.3, 0.4) is 0 Å². The summed E-state index contributed by atoms with van der Waals surface area (Å²) in [5, 5.41) is 29.9. The highest BCUT2D eigenvalue weighted by atomic mass is 32.2. The number of fused-ring (bicyclic) bond motifs is 1. The van der Waals surface area contributed by atoms with E-state index in [0.29, 0.717) is 13.0 Å². The fourth-order valence-electron chi connectivity index (χ4n) is 3.16. The fourth-order valence-corrected chi connectivity index (χ4v) is 4.20. The summed E-state index contributed by atoms with van der Waals surface area (Å²) in [7, 11) is 0. The minimum atomic E-state index is -1.50. The van der Waals surface area contributed by atoms with E-state index in [1.807, 2.05) is 17.9 Å². The van der Waals surface area contributed by atoms with Crippen LogP contribution in [0.25, 0.3) is 10.9 Å². The molecule has 2 aliphatic rings. The number of ether oxygens (including phenoxy) is 3. The third-order valence-electron chi connectivity index (χ3n) is 4.39. The number of thioether (sulfide) groups is 1. The van der Waals surface area contributed by atoms with Crippen molar-refractivity contribution in [3.05, 3.63) is 22.8 Å². The summed E-state index contributed by atoms with van der Waals surface area (Å²) >= 11 is 3.21. The number of aliphatic hydroxyl groups is 3. The second kappa shape index (κ2) is 12.4. The normalized spacial score (nSPS) is 26.0. The van der Waals surface area contributed by atoms with Crippen LogP contribution in [0.2, 0.25) is 0 Å². The second-order valence-electron chi connectivity index (χ2n) is 7.99. The van der Waals surface area contributed by atoms with Gasteiger partial charge in [-0.05, 0) is 52.0 Å². The Morgan fingerprint density at radius 1 is 1.29 bits per heavy atom. The Morgan fingerprint density at radius 3 is 2.65 bits per heavy atom. The number of nitrogens with zero attached hydrogens (tertiary/aromatic N) is 2. The summed E-state index contributed by atoms with van der Waals surface area (Å²) in [6.45, 7) is 3.81. The molecule has 4 rings (SSSR count). The SMILES string of the molecule is CC(C)(O)O.CSC.OC1(c2scc3cncnc23)CCC(COC2CCCCO2)O1. The lowest BCUT2D eigenvalue weighted by atomic mass is 10.1. The Hall–Kier alpha value is -0.850. The second-order valence-corrected chi connectivity index (χ2v) is 9.68. The summed E-state index contributed by atoms with van der Waals surface area (Å²) in [5.74, 6) is -2.78. The van der Waals surface area contributed by atoms with Crippen LogP contribution in [0.15, 0.2) is 17.9 Å². The molecule has 2 aromatic heterocycles. The summed E-state index contributed by atoms with van der Waals surface area (Å²) in [4.78, 5) is 9.05. The first-order valence-corrected chi connectivity index (χ1v) is 12.8.